The second-order valence-electron chi connectivity index (χ2n) is 4.09. The zero-order chi connectivity index (χ0) is 13.0. The molecular weight excluding hydrogens is 214 g/mol. The molecule has 0 fully saturated rings. The first-order valence-corrected chi connectivity index (χ1v) is 5.48. The molecule has 0 aliphatic heterocycles. The maximum Gasteiger partial charge on any atom is 0.152 e. The first-order chi connectivity index (χ1) is 7.91. The summed E-state index contributed by atoms with van der Waals surface area (Å²) in [5.74, 6) is 0.0231. The third-order valence-corrected chi connectivity index (χ3v) is 2.61. The van der Waals surface area contributed by atoms with Crippen LogP contribution in [0.1, 0.15) is 36.4 Å². The van der Waals surface area contributed by atoms with Crippen molar-refractivity contribution in [2.24, 2.45) is 0 Å². The number of hydrogen-bond donors (Lipinski definition) is 1. The highest BCUT2D eigenvalue weighted by molar-refractivity contribution is 5.92. The highest BCUT2D eigenvalue weighted by Gasteiger charge is 2.06. The van der Waals surface area contributed by atoms with Crippen molar-refractivity contribution in [3.8, 4) is 0 Å². The van der Waals surface area contributed by atoms with Crippen molar-refractivity contribution in [1.82, 2.24) is 4.98 Å². The molecule has 1 N–H and O–H groups in total. The van der Waals surface area contributed by atoms with Gasteiger partial charge < -0.3 is 4.98 Å². The molecule has 0 aromatic carbocycles. The minimum atomic E-state index is 0.0116. The molecule has 1 aromatic heterocycles. The van der Waals surface area contributed by atoms with Crippen molar-refractivity contribution in [2.75, 3.05) is 0 Å². The van der Waals surface area contributed by atoms with E-state index in [1.807, 2.05) is 13.8 Å². The fraction of sp³-hybridized carbons (Fsp3) is 0.286. The Hall–Kier alpha value is -1.90. The van der Waals surface area contributed by atoms with Crippen LogP contribution in [-0.2, 0) is 9.59 Å². The summed E-state index contributed by atoms with van der Waals surface area (Å²) >= 11 is 0. The molecule has 0 atom stereocenters. The van der Waals surface area contributed by atoms with Crippen molar-refractivity contribution in [1.29, 1.82) is 0 Å². The molecule has 0 saturated heterocycles. The van der Waals surface area contributed by atoms with Crippen LogP contribution in [0.25, 0.3) is 12.2 Å². The number of carbonyl (C=O) groups is 2. The van der Waals surface area contributed by atoms with E-state index in [0.29, 0.717) is 0 Å². The van der Waals surface area contributed by atoms with E-state index >= 15 is 0 Å². The van der Waals surface area contributed by atoms with Gasteiger partial charge in [0.15, 0.2) is 11.6 Å². The molecule has 0 amide bonds. The van der Waals surface area contributed by atoms with E-state index < -0.39 is 0 Å². The lowest BCUT2D eigenvalue weighted by atomic mass is 10.1. The first kappa shape index (κ1) is 13.2. The van der Waals surface area contributed by atoms with Gasteiger partial charge in [0.1, 0.15) is 0 Å². The van der Waals surface area contributed by atoms with E-state index in [-0.39, 0.29) is 11.6 Å². The lowest BCUT2D eigenvalue weighted by Crippen LogP contribution is -1.82. The van der Waals surface area contributed by atoms with E-state index in [1.54, 1.807) is 12.2 Å². The zero-order valence-electron chi connectivity index (χ0n) is 10.6. The third-order valence-electron chi connectivity index (χ3n) is 2.61. The van der Waals surface area contributed by atoms with Crippen LogP contribution in [0.4, 0.5) is 0 Å². The predicted molar refractivity (Wildman–Crippen MR) is 69.7 cm³/mol. The molecule has 0 bridgehead atoms. The third kappa shape index (κ3) is 3.55. The Bertz CT molecular complexity index is 460. The lowest BCUT2D eigenvalue weighted by molar-refractivity contribution is -0.113. The normalized spacial score (nSPS) is 11.5. The number of hydrogen-bond acceptors (Lipinski definition) is 2. The molecule has 3 heteroatoms. The smallest absolute Gasteiger partial charge is 0.152 e. The number of allylic oxidation sites excluding steroid dienone is 2. The predicted octanol–water partition coefficient (Wildman–Crippen LogP) is 2.84. The van der Waals surface area contributed by atoms with Crippen molar-refractivity contribution >= 4 is 23.7 Å². The van der Waals surface area contributed by atoms with E-state index in [2.05, 4.69) is 4.98 Å². The highest BCUT2D eigenvalue weighted by Crippen LogP contribution is 2.19. The number of H-pyrrole nitrogens is 1. The van der Waals surface area contributed by atoms with Crippen LogP contribution in [0.15, 0.2) is 12.2 Å². The maximum absolute atomic E-state index is 10.9. The van der Waals surface area contributed by atoms with Crippen LogP contribution in [0.2, 0.25) is 0 Å². The van der Waals surface area contributed by atoms with Crippen LogP contribution >= 0.6 is 0 Å². The van der Waals surface area contributed by atoms with Crippen LogP contribution in [0, 0.1) is 13.8 Å². The van der Waals surface area contributed by atoms with Gasteiger partial charge in [0.2, 0.25) is 0 Å². The summed E-state index contributed by atoms with van der Waals surface area (Å²) in [6.07, 6.45) is 6.57. The van der Waals surface area contributed by atoms with Gasteiger partial charge in [0, 0.05) is 11.4 Å². The molecule has 1 aromatic rings. The SMILES string of the molecule is CC(=O)C=Cc1[nH]c(C=CC(C)=O)c(C)c1C. The van der Waals surface area contributed by atoms with Crippen LogP contribution in [0.3, 0.4) is 0 Å². The summed E-state index contributed by atoms with van der Waals surface area (Å²) in [7, 11) is 0. The molecule has 0 saturated carbocycles. The highest BCUT2D eigenvalue weighted by atomic mass is 16.1. The van der Waals surface area contributed by atoms with E-state index in [0.717, 1.165) is 22.5 Å². The van der Waals surface area contributed by atoms with Gasteiger partial charge in [-0.15, -0.1) is 0 Å². The first-order valence-electron chi connectivity index (χ1n) is 5.48. The van der Waals surface area contributed by atoms with Gasteiger partial charge in [-0.3, -0.25) is 9.59 Å². The summed E-state index contributed by atoms with van der Waals surface area (Å²) in [6.45, 7) is 6.99. The quantitative estimate of drug-likeness (QED) is 0.810. The monoisotopic (exact) mass is 231 g/mol. The molecule has 0 aliphatic rings. The Kier molecular flexibility index (Phi) is 4.21. The molecule has 3 nitrogen and oxygen atoms in total. The van der Waals surface area contributed by atoms with Crippen molar-refractivity contribution in [2.45, 2.75) is 27.7 Å². The average Bonchev–Trinajstić information content (AvgIpc) is 2.51. The van der Waals surface area contributed by atoms with Gasteiger partial charge in [-0.25, -0.2) is 0 Å². The fourth-order valence-corrected chi connectivity index (χ4v) is 1.47. The summed E-state index contributed by atoms with van der Waals surface area (Å²) in [4.78, 5) is 24.9. The van der Waals surface area contributed by atoms with Gasteiger partial charge in [-0.2, -0.15) is 0 Å². The van der Waals surface area contributed by atoms with Gasteiger partial charge in [-0.1, -0.05) is 0 Å². The summed E-state index contributed by atoms with van der Waals surface area (Å²) in [5.41, 5.74) is 3.98. The minimum absolute atomic E-state index is 0.0116. The van der Waals surface area contributed by atoms with E-state index in [4.69, 9.17) is 0 Å². The minimum Gasteiger partial charge on any atom is -0.355 e. The topological polar surface area (TPSA) is 49.9 Å². The molecule has 90 valence electrons. The number of ketones is 2. The van der Waals surface area contributed by atoms with Crippen molar-refractivity contribution in [3.63, 3.8) is 0 Å². The second kappa shape index (κ2) is 5.43. The van der Waals surface area contributed by atoms with E-state index in [1.165, 1.54) is 26.0 Å². The van der Waals surface area contributed by atoms with Gasteiger partial charge >= 0.3 is 0 Å². The molecule has 1 heterocycles. The van der Waals surface area contributed by atoms with Crippen LogP contribution in [-0.4, -0.2) is 16.6 Å². The Labute approximate surface area is 101 Å². The summed E-state index contributed by atoms with van der Waals surface area (Å²) in [6, 6.07) is 0. The fourth-order valence-electron chi connectivity index (χ4n) is 1.47. The Morgan fingerprint density at radius 2 is 1.24 bits per heavy atom. The Balaban J connectivity index is 3.08. The van der Waals surface area contributed by atoms with Gasteiger partial charge in [-0.05, 0) is 63.1 Å². The zero-order valence-corrected chi connectivity index (χ0v) is 10.6. The standard InChI is InChI=1S/C14H17NO2/c1-9(16)5-7-13-11(3)12(4)14(15-13)8-6-10(2)17/h5-8,15H,1-4H3. The number of aromatic nitrogens is 1. The van der Waals surface area contributed by atoms with Crippen molar-refractivity contribution < 1.29 is 9.59 Å². The lowest BCUT2D eigenvalue weighted by Gasteiger charge is -1.91. The average molecular weight is 231 g/mol. The maximum atomic E-state index is 10.9. The molecule has 0 aliphatic carbocycles. The van der Waals surface area contributed by atoms with Crippen molar-refractivity contribution in [3.05, 3.63) is 34.7 Å². The molecule has 0 radical (unpaired) electrons. The molecule has 0 unspecified atom stereocenters. The van der Waals surface area contributed by atoms with Crippen LogP contribution < -0.4 is 0 Å². The molecule has 17 heavy (non-hydrogen) atoms. The summed E-state index contributed by atoms with van der Waals surface area (Å²) in [5, 5.41) is 0. The number of aromatic amines is 1. The number of nitrogens with one attached hydrogen (secondary N) is 1. The molecule has 0 spiro atoms. The van der Waals surface area contributed by atoms with Gasteiger partial charge in [0.25, 0.3) is 0 Å². The molecule has 1 rings (SSSR count). The van der Waals surface area contributed by atoms with Gasteiger partial charge in [0.05, 0.1) is 0 Å². The second-order valence-corrected chi connectivity index (χ2v) is 4.09. The largest absolute Gasteiger partial charge is 0.355 e. The van der Waals surface area contributed by atoms with Crippen LogP contribution in [0.5, 0.6) is 0 Å². The molecular formula is C14H17NO2. The Morgan fingerprint density at radius 3 is 1.53 bits per heavy atom. The van der Waals surface area contributed by atoms with E-state index in [9.17, 15) is 9.59 Å². The Morgan fingerprint density at radius 1 is 0.882 bits per heavy atom. The number of carbonyl (C=O) groups excluding carboxylic acids is 2. The number of rotatable bonds is 4. The summed E-state index contributed by atoms with van der Waals surface area (Å²) < 4.78 is 0.